The number of hydrogen-bond donors (Lipinski definition) is 4. The molecular formula is C19H18ClN3O3. The second-order valence-electron chi connectivity index (χ2n) is 6.08. The lowest BCUT2D eigenvalue weighted by atomic mass is 9.94. The Morgan fingerprint density at radius 1 is 1.15 bits per heavy atom. The van der Waals surface area contributed by atoms with Gasteiger partial charge in [0.2, 0.25) is 0 Å². The maximum Gasteiger partial charge on any atom is 0.319 e. The van der Waals surface area contributed by atoms with Gasteiger partial charge in [-0.15, -0.1) is 0 Å². The van der Waals surface area contributed by atoms with E-state index in [0.29, 0.717) is 27.5 Å². The van der Waals surface area contributed by atoms with Crippen molar-refractivity contribution >= 4 is 29.2 Å². The number of urea groups is 1. The minimum absolute atomic E-state index is 0.107. The first-order valence-electron chi connectivity index (χ1n) is 8.00. The quantitative estimate of drug-likeness (QED) is 0.664. The lowest BCUT2D eigenvalue weighted by Gasteiger charge is -2.28. The molecule has 1 atom stereocenters. The summed E-state index contributed by atoms with van der Waals surface area (Å²) in [6.45, 7) is 3.54. The highest BCUT2D eigenvalue weighted by atomic mass is 35.5. The van der Waals surface area contributed by atoms with E-state index in [1.807, 2.05) is 13.0 Å². The fraction of sp³-hybridized carbons (Fsp3) is 0.158. The molecule has 0 spiro atoms. The van der Waals surface area contributed by atoms with Crippen molar-refractivity contribution in [1.29, 1.82) is 0 Å². The Kier molecular flexibility index (Phi) is 4.86. The second-order valence-corrected chi connectivity index (χ2v) is 6.51. The van der Waals surface area contributed by atoms with Crippen LogP contribution >= 0.6 is 11.6 Å². The van der Waals surface area contributed by atoms with Crippen molar-refractivity contribution < 1.29 is 14.7 Å². The van der Waals surface area contributed by atoms with E-state index in [1.165, 1.54) is 12.1 Å². The zero-order chi connectivity index (χ0) is 18.8. The minimum atomic E-state index is -0.635. The smallest absolute Gasteiger partial charge is 0.319 e. The molecule has 0 saturated carbocycles. The van der Waals surface area contributed by atoms with Gasteiger partial charge in [0.05, 0.1) is 11.6 Å². The number of phenols is 1. The Bertz CT molecular complexity index is 907. The highest BCUT2D eigenvalue weighted by Gasteiger charge is 2.31. The molecule has 0 fully saturated rings. The van der Waals surface area contributed by atoms with Crippen LogP contribution in [-0.2, 0) is 4.79 Å². The van der Waals surface area contributed by atoms with Crippen LogP contribution in [0.25, 0.3) is 0 Å². The molecule has 1 aliphatic rings. The predicted octanol–water partition coefficient (Wildman–Crippen LogP) is 3.62. The topological polar surface area (TPSA) is 90.5 Å². The van der Waals surface area contributed by atoms with Crippen molar-refractivity contribution in [2.75, 3.05) is 5.32 Å². The lowest BCUT2D eigenvalue weighted by molar-refractivity contribution is -0.113. The first kappa shape index (κ1) is 17.8. The van der Waals surface area contributed by atoms with E-state index in [0.717, 1.165) is 5.56 Å². The summed E-state index contributed by atoms with van der Waals surface area (Å²) in [7, 11) is 0. The molecule has 6 nitrogen and oxygen atoms in total. The maximum absolute atomic E-state index is 12.9. The van der Waals surface area contributed by atoms with Gasteiger partial charge < -0.3 is 21.1 Å². The lowest BCUT2D eigenvalue weighted by Crippen LogP contribution is -2.46. The molecule has 1 heterocycles. The summed E-state index contributed by atoms with van der Waals surface area (Å²) in [5.41, 5.74) is 3.00. The molecule has 0 unspecified atom stereocenters. The monoisotopic (exact) mass is 371 g/mol. The predicted molar refractivity (Wildman–Crippen MR) is 100 cm³/mol. The zero-order valence-electron chi connectivity index (χ0n) is 14.3. The van der Waals surface area contributed by atoms with Crippen molar-refractivity contribution in [3.63, 3.8) is 0 Å². The minimum Gasteiger partial charge on any atom is -0.508 e. The summed E-state index contributed by atoms with van der Waals surface area (Å²) in [5.74, 6) is -0.242. The average Bonchev–Trinajstić information content (AvgIpc) is 2.58. The Morgan fingerprint density at radius 3 is 2.54 bits per heavy atom. The Morgan fingerprint density at radius 2 is 1.85 bits per heavy atom. The molecule has 3 rings (SSSR count). The van der Waals surface area contributed by atoms with Gasteiger partial charge in [-0.3, -0.25) is 4.79 Å². The van der Waals surface area contributed by atoms with Crippen LogP contribution in [0, 0.1) is 6.92 Å². The van der Waals surface area contributed by atoms with Crippen LogP contribution < -0.4 is 16.0 Å². The van der Waals surface area contributed by atoms with Crippen LogP contribution in [0.4, 0.5) is 10.5 Å². The molecular weight excluding hydrogens is 354 g/mol. The second kappa shape index (κ2) is 7.09. The van der Waals surface area contributed by atoms with Crippen molar-refractivity contribution in [1.82, 2.24) is 10.6 Å². The number of aromatic hydroxyl groups is 1. The summed E-state index contributed by atoms with van der Waals surface area (Å²) in [6, 6.07) is 10.6. The van der Waals surface area contributed by atoms with Gasteiger partial charge in [-0.2, -0.15) is 0 Å². The zero-order valence-corrected chi connectivity index (χ0v) is 15.0. The largest absolute Gasteiger partial charge is 0.508 e. The number of nitrogens with one attached hydrogen (secondary N) is 3. The molecule has 0 saturated heterocycles. The highest BCUT2D eigenvalue weighted by Crippen LogP contribution is 2.29. The normalized spacial score (nSPS) is 16.7. The number of carbonyl (C=O) groups is 2. The number of phenolic OH excluding ortho intramolecular Hbond substituents is 1. The first-order chi connectivity index (χ1) is 12.3. The van der Waals surface area contributed by atoms with Gasteiger partial charge in [-0.1, -0.05) is 29.8 Å². The van der Waals surface area contributed by atoms with Gasteiger partial charge in [0.25, 0.3) is 5.91 Å². The number of rotatable bonds is 3. The standard InChI is InChI=1S/C19H18ClN3O3/c1-10-3-6-13(20)9-15(10)22-18(25)16-11(2)21-19(26)23-17(16)12-4-7-14(24)8-5-12/h3-9,17,24H,1-2H3,(H,22,25)(H2,21,23,26)/t17-/m1/s1. The molecule has 0 aliphatic carbocycles. The van der Waals surface area contributed by atoms with Gasteiger partial charge in [0.1, 0.15) is 5.75 Å². The first-order valence-corrected chi connectivity index (χ1v) is 8.37. The third-order valence-electron chi connectivity index (χ3n) is 4.19. The fourth-order valence-electron chi connectivity index (χ4n) is 2.83. The Balaban J connectivity index is 1.96. The van der Waals surface area contributed by atoms with Crippen LogP contribution in [0.15, 0.2) is 53.7 Å². The number of halogens is 1. The number of aryl methyl sites for hydroxylation is 1. The molecule has 1 aliphatic heterocycles. The maximum atomic E-state index is 12.9. The van der Waals surface area contributed by atoms with Crippen LogP contribution in [0.1, 0.15) is 24.1 Å². The molecule has 0 bridgehead atoms. The highest BCUT2D eigenvalue weighted by molar-refractivity contribution is 6.31. The van der Waals surface area contributed by atoms with Gasteiger partial charge in [0.15, 0.2) is 0 Å². The summed E-state index contributed by atoms with van der Waals surface area (Å²) < 4.78 is 0. The molecule has 7 heteroatoms. The average molecular weight is 372 g/mol. The van der Waals surface area contributed by atoms with E-state index in [1.54, 1.807) is 31.2 Å². The van der Waals surface area contributed by atoms with Crippen LogP contribution in [0.3, 0.4) is 0 Å². The van der Waals surface area contributed by atoms with Crippen molar-refractivity contribution in [3.8, 4) is 5.75 Å². The third-order valence-corrected chi connectivity index (χ3v) is 4.42. The van der Waals surface area contributed by atoms with E-state index in [9.17, 15) is 14.7 Å². The van der Waals surface area contributed by atoms with E-state index >= 15 is 0 Å². The summed E-state index contributed by atoms with van der Waals surface area (Å²) in [5, 5.41) is 18.2. The van der Waals surface area contributed by atoms with Gasteiger partial charge in [0, 0.05) is 16.4 Å². The number of hydrogen-bond acceptors (Lipinski definition) is 3. The van der Waals surface area contributed by atoms with Crippen LogP contribution in [0.5, 0.6) is 5.75 Å². The number of carbonyl (C=O) groups excluding carboxylic acids is 2. The molecule has 0 radical (unpaired) electrons. The molecule has 4 N–H and O–H groups in total. The third kappa shape index (κ3) is 3.65. The van der Waals surface area contributed by atoms with Crippen molar-refractivity contribution in [2.45, 2.75) is 19.9 Å². The van der Waals surface area contributed by atoms with E-state index in [4.69, 9.17) is 11.6 Å². The van der Waals surface area contributed by atoms with E-state index in [-0.39, 0.29) is 11.7 Å². The van der Waals surface area contributed by atoms with Crippen molar-refractivity contribution in [2.24, 2.45) is 0 Å². The van der Waals surface area contributed by atoms with Crippen molar-refractivity contribution in [3.05, 3.63) is 69.9 Å². The summed E-state index contributed by atoms with van der Waals surface area (Å²) >= 11 is 6.02. The van der Waals surface area contributed by atoms with Crippen LogP contribution in [-0.4, -0.2) is 17.0 Å². The molecule has 26 heavy (non-hydrogen) atoms. The fourth-order valence-corrected chi connectivity index (χ4v) is 3.00. The van der Waals surface area contributed by atoms with E-state index < -0.39 is 12.1 Å². The Labute approximate surface area is 155 Å². The van der Waals surface area contributed by atoms with Crippen LogP contribution in [0.2, 0.25) is 5.02 Å². The van der Waals surface area contributed by atoms with Gasteiger partial charge in [-0.25, -0.2) is 4.79 Å². The molecule has 0 aromatic heterocycles. The Hall–Kier alpha value is -2.99. The summed E-state index contributed by atoms with van der Waals surface area (Å²) in [4.78, 5) is 24.8. The molecule has 134 valence electrons. The number of anilines is 1. The number of allylic oxidation sites excluding steroid dienone is 1. The van der Waals surface area contributed by atoms with Gasteiger partial charge >= 0.3 is 6.03 Å². The number of benzene rings is 2. The van der Waals surface area contributed by atoms with E-state index in [2.05, 4.69) is 16.0 Å². The summed E-state index contributed by atoms with van der Waals surface area (Å²) in [6.07, 6.45) is 0. The van der Waals surface area contributed by atoms with Gasteiger partial charge in [-0.05, 0) is 49.2 Å². The molecule has 3 amide bonds. The number of amides is 3. The SMILES string of the molecule is CC1=C(C(=O)Nc2cc(Cl)ccc2C)[C@@H](c2ccc(O)cc2)NC(=O)N1. The molecule has 2 aromatic rings. The molecule has 2 aromatic carbocycles.